The first-order chi connectivity index (χ1) is 11.1. The molecule has 0 aliphatic rings. The molecular weight excluding hydrogens is 294 g/mol. The van der Waals surface area contributed by atoms with Gasteiger partial charge in [-0.2, -0.15) is 0 Å². The Morgan fingerprint density at radius 3 is 2.39 bits per heavy atom. The van der Waals surface area contributed by atoms with Gasteiger partial charge in [0.05, 0.1) is 0 Å². The first-order valence-electron chi connectivity index (χ1n) is 7.04. The van der Waals surface area contributed by atoms with Gasteiger partial charge in [0.25, 0.3) is 0 Å². The third kappa shape index (κ3) is 5.00. The molecule has 2 N–H and O–H groups in total. The number of amides is 1. The molecule has 5 heteroatoms. The lowest BCUT2D eigenvalue weighted by Crippen LogP contribution is -2.24. The molecule has 1 amide bonds. The zero-order valence-electron chi connectivity index (χ0n) is 12.7. The molecule has 0 aliphatic heterocycles. The van der Waals surface area contributed by atoms with E-state index in [0.29, 0.717) is 17.9 Å². The Labute approximate surface area is 134 Å². The zero-order valence-corrected chi connectivity index (χ0v) is 12.7. The van der Waals surface area contributed by atoms with Gasteiger partial charge in [-0.1, -0.05) is 48.5 Å². The van der Waals surface area contributed by atoms with Crippen molar-refractivity contribution in [3.63, 3.8) is 0 Å². The molecule has 23 heavy (non-hydrogen) atoms. The van der Waals surface area contributed by atoms with Gasteiger partial charge in [0, 0.05) is 12.5 Å². The van der Waals surface area contributed by atoms with Crippen LogP contribution < -0.4 is 10.1 Å². The Kier molecular flexibility index (Phi) is 5.52. The van der Waals surface area contributed by atoms with E-state index in [2.05, 4.69) is 5.32 Å². The van der Waals surface area contributed by atoms with Gasteiger partial charge in [-0.15, -0.1) is 0 Å². The molecule has 118 valence electrons. The number of nitrogens with one attached hydrogen (secondary N) is 1. The summed E-state index contributed by atoms with van der Waals surface area (Å²) in [6.07, 6.45) is 1.38. The molecule has 5 nitrogen and oxygen atoms in total. The number of ether oxygens (including phenoxy) is 1. The lowest BCUT2D eigenvalue weighted by atomic mass is 10.1. The molecule has 0 radical (unpaired) electrons. The predicted octanol–water partition coefficient (Wildman–Crippen LogP) is 2.83. The van der Waals surface area contributed by atoms with Gasteiger partial charge in [-0.25, -0.2) is 4.79 Å². The van der Waals surface area contributed by atoms with Crippen LogP contribution in [0.3, 0.4) is 0 Å². The highest BCUT2D eigenvalue weighted by Gasteiger charge is 2.11. The Morgan fingerprint density at radius 1 is 1.09 bits per heavy atom. The molecule has 2 rings (SSSR count). The minimum Gasteiger partial charge on any atom is -0.488 e. The molecule has 2 aromatic rings. The number of carbonyl (C=O) groups excluding carboxylic acids is 1. The highest BCUT2D eigenvalue weighted by molar-refractivity contribution is 5.96. The number of para-hydroxylation sites is 1. The average Bonchev–Trinajstić information content (AvgIpc) is 2.54. The molecule has 0 saturated heterocycles. The lowest BCUT2D eigenvalue weighted by molar-refractivity contribution is -0.134. The van der Waals surface area contributed by atoms with Crippen LogP contribution in [-0.4, -0.2) is 17.0 Å². The number of rotatable bonds is 6. The normalized spacial score (nSPS) is 10.9. The number of aliphatic carboxylic acids is 1. The molecule has 0 aromatic heterocycles. The summed E-state index contributed by atoms with van der Waals surface area (Å²) >= 11 is 0. The van der Waals surface area contributed by atoms with E-state index >= 15 is 0 Å². The molecule has 0 heterocycles. The number of carboxylic acid groups (broad SMARTS) is 1. The van der Waals surface area contributed by atoms with Crippen molar-refractivity contribution < 1.29 is 19.4 Å². The van der Waals surface area contributed by atoms with E-state index < -0.39 is 11.9 Å². The van der Waals surface area contributed by atoms with E-state index in [1.807, 2.05) is 30.3 Å². The highest BCUT2D eigenvalue weighted by Crippen LogP contribution is 2.22. The standard InChI is InChI=1S/C18H17NO4/c1-13(20)19-16(18(21)22)11-15-9-5-6-10-17(15)23-12-14-7-3-2-4-8-14/h2-11H,12H2,1H3,(H,19,20)(H,21,22)/b16-11-. The minimum atomic E-state index is -1.21. The highest BCUT2D eigenvalue weighted by atomic mass is 16.5. The fourth-order valence-electron chi connectivity index (χ4n) is 1.96. The molecule has 0 saturated carbocycles. The van der Waals surface area contributed by atoms with Crippen LogP contribution >= 0.6 is 0 Å². The maximum atomic E-state index is 11.2. The first kappa shape index (κ1) is 16.3. The zero-order chi connectivity index (χ0) is 16.7. The number of carboxylic acids is 1. The van der Waals surface area contributed by atoms with Crippen LogP contribution in [0.15, 0.2) is 60.3 Å². The van der Waals surface area contributed by atoms with Crippen molar-refractivity contribution in [2.75, 3.05) is 0 Å². The largest absolute Gasteiger partial charge is 0.488 e. The van der Waals surface area contributed by atoms with Crippen LogP contribution in [0.4, 0.5) is 0 Å². The third-order valence-electron chi connectivity index (χ3n) is 3.00. The van der Waals surface area contributed by atoms with Crippen LogP contribution in [-0.2, 0) is 16.2 Å². The summed E-state index contributed by atoms with van der Waals surface area (Å²) in [7, 11) is 0. The third-order valence-corrected chi connectivity index (χ3v) is 3.00. The Balaban J connectivity index is 2.22. The number of hydrogen-bond donors (Lipinski definition) is 2. The lowest BCUT2D eigenvalue weighted by Gasteiger charge is -2.10. The van der Waals surface area contributed by atoms with Gasteiger partial charge >= 0.3 is 5.97 Å². The van der Waals surface area contributed by atoms with Crippen molar-refractivity contribution in [2.24, 2.45) is 0 Å². The molecular formula is C18H17NO4. The molecule has 0 fully saturated rings. The topological polar surface area (TPSA) is 75.6 Å². The van der Waals surface area contributed by atoms with Gasteiger partial charge in [0.2, 0.25) is 5.91 Å². The van der Waals surface area contributed by atoms with Crippen molar-refractivity contribution in [3.8, 4) is 5.75 Å². The first-order valence-corrected chi connectivity index (χ1v) is 7.04. The number of carbonyl (C=O) groups is 2. The quantitative estimate of drug-likeness (QED) is 0.804. The van der Waals surface area contributed by atoms with E-state index in [-0.39, 0.29) is 5.70 Å². The van der Waals surface area contributed by atoms with Crippen molar-refractivity contribution in [1.82, 2.24) is 5.32 Å². The monoisotopic (exact) mass is 311 g/mol. The maximum Gasteiger partial charge on any atom is 0.352 e. The fraction of sp³-hybridized carbons (Fsp3) is 0.111. The van der Waals surface area contributed by atoms with Crippen molar-refractivity contribution in [2.45, 2.75) is 13.5 Å². The van der Waals surface area contributed by atoms with Crippen LogP contribution in [0.25, 0.3) is 6.08 Å². The van der Waals surface area contributed by atoms with Crippen molar-refractivity contribution in [3.05, 3.63) is 71.4 Å². The van der Waals surface area contributed by atoms with Crippen molar-refractivity contribution >= 4 is 18.0 Å². The van der Waals surface area contributed by atoms with Gasteiger partial charge < -0.3 is 15.2 Å². The SMILES string of the molecule is CC(=O)N/C(=C\c1ccccc1OCc1ccccc1)C(=O)O. The van der Waals surface area contributed by atoms with Crippen LogP contribution in [0.5, 0.6) is 5.75 Å². The van der Waals surface area contributed by atoms with E-state index in [9.17, 15) is 9.59 Å². The van der Waals surface area contributed by atoms with Gasteiger partial charge in [0.15, 0.2) is 0 Å². The minimum absolute atomic E-state index is 0.201. The summed E-state index contributed by atoms with van der Waals surface area (Å²) in [5.41, 5.74) is 1.38. The molecule has 0 atom stereocenters. The summed E-state index contributed by atoms with van der Waals surface area (Å²) < 4.78 is 5.76. The Hall–Kier alpha value is -3.08. The van der Waals surface area contributed by atoms with Gasteiger partial charge in [-0.3, -0.25) is 4.79 Å². The summed E-state index contributed by atoms with van der Waals surface area (Å²) in [4.78, 5) is 22.3. The van der Waals surface area contributed by atoms with E-state index in [1.165, 1.54) is 13.0 Å². The summed E-state index contributed by atoms with van der Waals surface area (Å²) in [6, 6.07) is 16.7. The van der Waals surface area contributed by atoms with E-state index in [4.69, 9.17) is 9.84 Å². The average molecular weight is 311 g/mol. The maximum absolute atomic E-state index is 11.2. The van der Waals surface area contributed by atoms with Gasteiger partial charge in [0.1, 0.15) is 18.1 Å². The summed E-state index contributed by atoms with van der Waals surface area (Å²) in [5.74, 6) is -1.11. The second-order valence-corrected chi connectivity index (χ2v) is 4.86. The summed E-state index contributed by atoms with van der Waals surface area (Å²) in [5, 5.41) is 11.5. The van der Waals surface area contributed by atoms with E-state index in [1.54, 1.807) is 24.3 Å². The van der Waals surface area contributed by atoms with E-state index in [0.717, 1.165) is 5.56 Å². The van der Waals surface area contributed by atoms with Gasteiger partial charge in [-0.05, 0) is 17.7 Å². The predicted molar refractivity (Wildman–Crippen MR) is 86.6 cm³/mol. The number of benzene rings is 2. The Bertz CT molecular complexity index is 723. The molecule has 2 aromatic carbocycles. The molecule has 0 spiro atoms. The second kappa shape index (κ2) is 7.79. The summed E-state index contributed by atoms with van der Waals surface area (Å²) in [6.45, 7) is 1.63. The van der Waals surface area contributed by atoms with Crippen LogP contribution in [0, 0.1) is 0 Å². The fourth-order valence-corrected chi connectivity index (χ4v) is 1.96. The molecule has 0 bridgehead atoms. The van der Waals surface area contributed by atoms with Crippen LogP contribution in [0.1, 0.15) is 18.1 Å². The smallest absolute Gasteiger partial charge is 0.352 e. The second-order valence-electron chi connectivity index (χ2n) is 4.86. The van der Waals surface area contributed by atoms with Crippen LogP contribution in [0.2, 0.25) is 0 Å². The molecule has 0 aliphatic carbocycles. The number of hydrogen-bond acceptors (Lipinski definition) is 3. The van der Waals surface area contributed by atoms with Crippen molar-refractivity contribution in [1.29, 1.82) is 0 Å². The Morgan fingerprint density at radius 2 is 1.74 bits per heavy atom. The molecule has 0 unspecified atom stereocenters.